The van der Waals surface area contributed by atoms with Crippen LogP contribution in [0.15, 0.2) is 18.2 Å². The van der Waals surface area contributed by atoms with E-state index < -0.39 is 16.3 Å². The maximum Gasteiger partial charge on any atom is 0.311 e. The van der Waals surface area contributed by atoms with Crippen LogP contribution < -0.4 is 0 Å². The molecule has 8 heteroatoms. The zero-order valence-corrected chi connectivity index (χ0v) is 13.4. The molecular formula is C13H13IN2O5. The first-order valence-electron chi connectivity index (χ1n) is 6.21. The lowest BCUT2D eigenvalue weighted by Crippen LogP contribution is -2.35. The summed E-state index contributed by atoms with van der Waals surface area (Å²) in [6, 6.07) is 4.09. The summed E-state index contributed by atoms with van der Waals surface area (Å²) in [4.78, 5) is 35.4. The molecule has 1 saturated heterocycles. The Morgan fingerprint density at radius 2 is 2.14 bits per heavy atom. The number of halogens is 1. The smallest absolute Gasteiger partial charge is 0.311 e. The van der Waals surface area contributed by atoms with E-state index in [2.05, 4.69) is 0 Å². The summed E-state index contributed by atoms with van der Waals surface area (Å²) in [7, 11) is 0. The van der Waals surface area contributed by atoms with Crippen LogP contribution in [-0.2, 0) is 4.79 Å². The van der Waals surface area contributed by atoms with Gasteiger partial charge in [0.25, 0.3) is 11.6 Å². The Bertz CT molecular complexity index is 633. The van der Waals surface area contributed by atoms with Crippen molar-refractivity contribution in [3.05, 3.63) is 37.4 Å². The second kappa shape index (κ2) is 5.58. The number of nitrogens with zero attached hydrogens (tertiary/aromatic N) is 2. The van der Waals surface area contributed by atoms with E-state index in [9.17, 15) is 24.8 Å². The van der Waals surface area contributed by atoms with Gasteiger partial charge in [-0.1, -0.05) is 0 Å². The number of rotatable bonds is 3. The van der Waals surface area contributed by atoms with Crippen LogP contribution in [0.25, 0.3) is 0 Å². The van der Waals surface area contributed by atoms with Crippen LogP contribution >= 0.6 is 22.6 Å². The molecule has 0 aliphatic carbocycles. The molecule has 7 nitrogen and oxygen atoms in total. The molecule has 1 fully saturated rings. The van der Waals surface area contributed by atoms with Gasteiger partial charge in [-0.25, -0.2) is 0 Å². The van der Waals surface area contributed by atoms with E-state index in [1.54, 1.807) is 6.92 Å². The Labute approximate surface area is 134 Å². The average molecular weight is 404 g/mol. The monoisotopic (exact) mass is 404 g/mol. The van der Waals surface area contributed by atoms with E-state index in [-0.39, 0.29) is 23.7 Å². The zero-order valence-electron chi connectivity index (χ0n) is 11.2. The van der Waals surface area contributed by atoms with Gasteiger partial charge in [0.15, 0.2) is 0 Å². The van der Waals surface area contributed by atoms with Crippen LogP contribution in [0.1, 0.15) is 23.7 Å². The first-order valence-corrected chi connectivity index (χ1v) is 7.29. The molecule has 0 aromatic heterocycles. The van der Waals surface area contributed by atoms with Gasteiger partial charge < -0.3 is 10.0 Å². The number of carbonyl (C=O) groups excluding carboxylic acids is 1. The third-order valence-electron chi connectivity index (χ3n) is 3.67. The molecule has 1 unspecified atom stereocenters. The van der Waals surface area contributed by atoms with Crippen molar-refractivity contribution in [3.63, 3.8) is 0 Å². The Kier molecular flexibility index (Phi) is 4.17. The number of carboxylic acids is 1. The number of amides is 1. The van der Waals surface area contributed by atoms with Gasteiger partial charge in [-0.15, -0.1) is 0 Å². The Hall–Kier alpha value is -1.71. The number of nitro groups is 1. The molecule has 112 valence electrons. The summed E-state index contributed by atoms with van der Waals surface area (Å²) in [5.41, 5.74) is -0.875. The van der Waals surface area contributed by atoms with Gasteiger partial charge in [0.1, 0.15) is 0 Å². The third kappa shape index (κ3) is 2.99. The second-order valence-electron chi connectivity index (χ2n) is 5.26. The number of carbonyl (C=O) groups is 2. The average Bonchev–Trinajstić information content (AvgIpc) is 2.82. The summed E-state index contributed by atoms with van der Waals surface area (Å²) in [6.45, 7) is 2.04. The van der Waals surface area contributed by atoms with Gasteiger partial charge in [-0.3, -0.25) is 19.7 Å². The molecule has 1 amide bonds. The highest BCUT2D eigenvalue weighted by Gasteiger charge is 2.42. The van der Waals surface area contributed by atoms with Gasteiger partial charge in [0.05, 0.1) is 15.9 Å². The van der Waals surface area contributed by atoms with Crippen molar-refractivity contribution < 1.29 is 19.6 Å². The molecule has 1 aromatic rings. The zero-order chi connectivity index (χ0) is 15.8. The Balaban J connectivity index is 2.28. The van der Waals surface area contributed by atoms with E-state index in [1.807, 2.05) is 22.6 Å². The molecule has 0 bridgehead atoms. The minimum Gasteiger partial charge on any atom is -0.481 e. The highest BCUT2D eigenvalue weighted by atomic mass is 127. The minimum atomic E-state index is -0.957. The van der Waals surface area contributed by atoms with Crippen molar-refractivity contribution in [2.75, 3.05) is 13.1 Å². The minimum absolute atomic E-state index is 0.111. The first-order chi connectivity index (χ1) is 9.74. The molecule has 0 spiro atoms. The molecular weight excluding hydrogens is 391 g/mol. The fourth-order valence-corrected chi connectivity index (χ4v) is 2.84. The van der Waals surface area contributed by atoms with Crippen LogP contribution in [0.3, 0.4) is 0 Å². The fourth-order valence-electron chi connectivity index (χ4n) is 2.27. The van der Waals surface area contributed by atoms with Crippen molar-refractivity contribution in [1.29, 1.82) is 0 Å². The standard InChI is InChI=1S/C13H13IN2O5/c1-13(12(18)19)4-5-15(7-13)11(17)9-6-8(16(20)21)2-3-10(9)14/h2-3,6H,4-5,7H2,1H3,(H,18,19). The Morgan fingerprint density at radius 3 is 2.67 bits per heavy atom. The van der Waals surface area contributed by atoms with E-state index in [0.717, 1.165) is 0 Å². The number of aliphatic carboxylic acids is 1. The molecule has 1 atom stereocenters. The molecule has 1 aliphatic rings. The maximum absolute atomic E-state index is 12.5. The number of benzene rings is 1. The summed E-state index contributed by atoms with van der Waals surface area (Å²) in [6.07, 6.45) is 0.375. The van der Waals surface area contributed by atoms with Crippen molar-refractivity contribution >= 4 is 40.2 Å². The molecule has 1 aromatic carbocycles. The molecule has 1 aliphatic heterocycles. The SMILES string of the molecule is CC1(C(=O)O)CCN(C(=O)c2cc([N+](=O)[O-])ccc2I)C1. The first kappa shape index (κ1) is 15.7. The summed E-state index contributed by atoms with van der Waals surface area (Å²) >= 11 is 1.94. The largest absolute Gasteiger partial charge is 0.481 e. The highest BCUT2D eigenvalue weighted by Crippen LogP contribution is 2.32. The lowest BCUT2D eigenvalue weighted by molar-refractivity contribution is -0.384. The fraction of sp³-hybridized carbons (Fsp3) is 0.385. The van der Waals surface area contributed by atoms with E-state index in [0.29, 0.717) is 16.5 Å². The summed E-state index contributed by atoms with van der Waals surface area (Å²) < 4.78 is 0.604. The number of carboxylic acid groups (broad SMARTS) is 1. The van der Waals surface area contributed by atoms with Crippen molar-refractivity contribution in [1.82, 2.24) is 4.90 Å². The second-order valence-corrected chi connectivity index (χ2v) is 6.43. The maximum atomic E-state index is 12.5. The van der Waals surface area contributed by atoms with Gasteiger partial charge >= 0.3 is 5.97 Å². The van der Waals surface area contributed by atoms with E-state index >= 15 is 0 Å². The number of likely N-dealkylation sites (tertiary alicyclic amines) is 1. The predicted molar refractivity (Wildman–Crippen MR) is 82.1 cm³/mol. The molecule has 1 N–H and O–H groups in total. The summed E-state index contributed by atoms with van der Waals surface area (Å²) in [5, 5.41) is 20.0. The number of hydrogen-bond donors (Lipinski definition) is 1. The van der Waals surface area contributed by atoms with Crippen molar-refractivity contribution in [2.24, 2.45) is 5.41 Å². The molecule has 21 heavy (non-hydrogen) atoms. The number of hydrogen-bond acceptors (Lipinski definition) is 4. The number of nitro benzene ring substituents is 1. The third-order valence-corrected chi connectivity index (χ3v) is 4.61. The predicted octanol–water partition coefficient (Wildman–Crippen LogP) is 2.14. The molecule has 1 heterocycles. The van der Waals surface area contributed by atoms with Crippen LogP contribution in [-0.4, -0.2) is 39.9 Å². The molecule has 0 saturated carbocycles. The quantitative estimate of drug-likeness (QED) is 0.473. The topological polar surface area (TPSA) is 101 Å². The van der Waals surface area contributed by atoms with Gasteiger partial charge in [-0.05, 0) is 42.0 Å². The van der Waals surface area contributed by atoms with Crippen LogP contribution in [0.4, 0.5) is 5.69 Å². The lowest BCUT2D eigenvalue weighted by Gasteiger charge is -2.20. The normalized spacial score (nSPS) is 21.3. The van der Waals surface area contributed by atoms with Crippen molar-refractivity contribution in [3.8, 4) is 0 Å². The van der Waals surface area contributed by atoms with E-state index in [4.69, 9.17) is 0 Å². The Morgan fingerprint density at radius 1 is 1.48 bits per heavy atom. The summed E-state index contributed by atoms with van der Waals surface area (Å²) in [5.74, 6) is -1.31. The van der Waals surface area contributed by atoms with Crippen LogP contribution in [0.5, 0.6) is 0 Å². The number of non-ortho nitro benzene ring substituents is 1. The van der Waals surface area contributed by atoms with Gasteiger partial charge in [0, 0.05) is 28.8 Å². The molecule has 0 radical (unpaired) electrons. The highest BCUT2D eigenvalue weighted by molar-refractivity contribution is 14.1. The molecule has 2 rings (SSSR count). The van der Waals surface area contributed by atoms with Gasteiger partial charge in [0.2, 0.25) is 0 Å². The lowest BCUT2D eigenvalue weighted by atomic mass is 9.90. The van der Waals surface area contributed by atoms with Crippen LogP contribution in [0.2, 0.25) is 0 Å². The van der Waals surface area contributed by atoms with Crippen LogP contribution in [0, 0.1) is 19.1 Å². The van der Waals surface area contributed by atoms with E-state index in [1.165, 1.54) is 23.1 Å². The van der Waals surface area contributed by atoms with Crippen molar-refractivity contribution in [2.45, 2.75) is 13.3 Å². The van der Waals surface area contributed by atoms with Gasteiger partial charge in [-0.2, -0.15) is 0 Å².